The second kappa shape index (κ2) is 14.8. The number of hydrogen-bond acceptors (Lipinski definition) is 1. The van der Waals surface area contributed by atoms with Gasteiger partial charge in [-0.2, -0.15) is 11.8 Å². The van der Waals surface area contributed by atoms with Crippen LogP contribution in [0.5, 0.6) is 0 Å². The monoisotopic (exact) mass is 262 g/mol. The molecule has 15 heavy (non-hydrogen) atoms. The van der Waals surface area contributed by atoms with Crippen LogP contribution in [0.15, 0.2) is 0 Å². The average Bonchev–Trinajstić information content (AvgIpc) is 2.26. The lowest BCUT2D eigenvalue weighted by Gasteiger charge is -2.01. The molecule has 0 bridgehead atoms. The van der Waals surface area contributed by atoms with E-state index in [9.17, 15) is 0 Å². The van der Waals surface area contributed by atoms with Crippen molar-refractivity contribution < 1.29 is 0 Å². The third-order valence-corrected chi connectivity index (χ3v) is 7.35. The molecular formula is C12H30SSi2. The SMILES string of the molecule is CC[SiH2]CCCCCSCCC[SiH2]CC. The normalized spacial score (nSPS) is 12.4. The molecule has 0 aliphatic rings. The zero-order chi connectivity index (χ0) is 11.2. The Balaban J connectivity index is 2.81. The maximum Gasteiger partial charge on any atom is 0.0195 e. The average molecular weight is 263 g/mol. The molecule has 0 heterocycles. The van der Waals surface area contributed by atoms with E-state index in [1.165, 1.54) is 49.3 Å². The number of rotatable bonds is 12. The second-order valence-electron chi connectivity index (χ2n) is 4.44. The van der Waals surface area contributed by atoms with Gasteiger partial charge in [-0.25, -0.2) is 0 Å². The molecule has 92 valence electrons. The minimum absolute atomic E-state index is 0.359. The Hall–Kier alpha value is 0.784. The molecule has 0 aromatic carbocycles. The second-order valence-corrected chi connectivity index (χ2v) is 10.5. The molecule has 0 nitrogen and oxygen atoms in total. The van der Waals surface area contributed by atoms with Crippen LogP contribution in [-0.4, -0.2) is 30.5 Å². The number of hydrogen-bond donors (Lipinski definition) is 0. The van der Waals surface area contributed by atoms with Crippen molar-refractivity contribution in [2.45, 2.75) is 63.7 Å². The number of thioether (sulfide) groups is 1. The van der Waals surface area contributed by atoms with Crippen molar-refractivity contribution in [2.75, 3.05) is 11.5 Å². The van der Waals surface area contributed by atoms with Crippen molar-refractivity contribution in [3.63, 3.8) is 0 Å². The molecule has 0 aliphatic heterocycles. The molecule has 0 amide bonds. The van der Waals surface area contributed by atoms with Crippen LogP contribution < -0.4 is 0 Å². The van der Waals surface area contributed by atoms with Gasteiger partial charge >= 0.3 is 0 Å². The molecule has 0 unspecified atom stereocenters. The predicted octanol–water partition coefficient (Wildman–Crippen LogP) is 3.33. The lowest BCUT2D eigenvalue weighted by molar-refractivity contribution is 0.774. The van der Waals surface area contributed by atoms with Gasteiger partial charge in [0.05, 0.1) is 0 Å². The molecule has 0 aliphatic carbocycles. The Labute approximate surface area is 106 Å². The van der Waals surface area contributed by atoms with Crippen LogP contribution in [0.25, 0.3) is 0 Å². The highest BCUT2D eigenvalue weighted by Crippen LogP contribution is 2.10. The molecule has 0 aromatic heterocycles. The lowest BCUT2D eigenvalue weighted by Crippen LogP contribution is -1.90. The van der Waals surface area contributed by atoms with Crippen LogP contribution in [0, 0.1) is 0 Å². The Morgan fingerprint density at radius 2 is 1.33 bits per heavy atom. The van der Waals surface area contributed by atoms with Crippen molar-refractivity contribution in [2.24, 2.45) is 0 Å². The summed E-state index contributed by atoms with van der Waals surface area (Å²) in [7, 11) is 0.725. The molecular weight excluding hydrogens is 232 g/mol. The first kappa shape index (κ1) is 15.8. The van der Waals surface area contributed by atoms with Crippen LogP contribution in [0.1, 0.15) is 39.5 Å². The highest BCUT2D eigenvalue weighted by molar-refractivity contribution is 7.99. The number of unbranched alkanes of at least 4 members (excludes halogenated alkanes) is 2. The van der Waals surface area contributed by atoms with Crippen LogP contribution in [0.4, 0.5) is 0 Å². The quantitative estimate of drug-likeness (QED) is 0.384. The van der Waals surface area contributed by atoms with Crippen molar-refractivity contribution in [3.05, 3.63) is 0 Å². The summed E-state index contributed by atoms with van der Waals surface area (Å²) < 4.78 is 0. The van der Waals surface area contributed by atoms with Crippen molar-refractivity contribution in [3.8, 4) is 0 Å². The maximum absolute atomic E-state index is 2.35. The summed E-state index contributed by atoms with van der Waals surface area (Å²) in [5, 5.41) is 0. The van der Waals surface area contributed by atoms with Crippen LogP contribution in [-0.2, 0) is 0 Å². The van der Waals surface area contributed by atoms with E-state index in [2.05, 4.69) is 25.6 Å². The van der Waals surface area contributed by atoms with Gasteiger partial charge in [0.25, 0.3) is 0 Å². The van der Waals surface area contributed by atoms with Crippen molar-refractivity contribution >= 4 is 30.8 Å². The van der Waals surface area contributed by atoms with Crippen molar-refractivity contribution in [1.82, 2.24) is 0 Å². The third kappa shape index (κ3) is 14.8. The molecule has 0 saturated heterocycles. The Kier molecular flexibility index (Phi) is 15.6. The minimum atomic E-state index is 0.359. The van der Waals surface area contributed by atoms with E-state index in [0.29, 0.717) is 19.0 Å². The highest BCUT2D eigenvalue weighted by atomic mass is 32.2. The summed E-state index contributed by atoms with van der Waals surface area (Å²) in [6, 6.07) is 6.21. The molecule has 0 aromatic rings. The maximum atomic E-state index is 2.35. The van der Waals surface area contributed by atoms with Gasteiger partial charge in [0.1, 0.15) is 0 Å². The van der Waals surface area contributed by atoms with E-state index in [4.69, 9.17) is 0 Å². The lowest BCUT2D eigenvalue weighted by atomic mass is 10.3. The molecule has 0 spiro atoms. The van der Waals surface area contributed by atoms with E-state index in [1.54, 1.807) is 12.1 Å². The molecule has 0 atom stereocenters. The summed E-state index contributed by atoms with van der Waals surface area (Å²) in [5.74, 6) is 2.87. The standard InChI is InChI=1S/C12H30SSi2/c1-3-14-11-7-5-6-9-13-10-8-12-15-4-2/h3-12,14-15H2,1-2H3. The summed E-state index contributed by atoms with van der Waals surface area (Å²) in [4.78, 5) is 0. The Morgan fingerprint density at radius 1 is 0.733 bits per heavy atom. The topological polar surface area (TPSA) is 0 Å². The van der Waals surface area contributed by atoms with E-state index in [-0.39, 0.29) is 0 Å². The predicted molar refractivity (Wildman–Crippen MR) is 83.5 cm³/mol. The summed E-state index contributed by atoms with van der Waals surface area (Å²) in [6.45, 7) is 4.70. The molecule has 0 N–H and O–H groups in total. The molecule has 0 fully saturated rings. The fraction of sp³-hybridized carbons (Fsp3) is 1.00. The zero-order valence-electron chi connectivity index (χ0n) is 10.9. The minimum Gasteiger partial charge on any atom is -0.162 e. The third-order valence-electron chi connectivity index (χ3n) is 2.78. The van der Waals surface area contributed by atoms with Crippen LogP contribution >= 0.6 is 11.8 Å². The first-order valence-corrected chi connectivity index (χ1v) is 12.1. The molecule has 3 heteroatoms. The fourth-order valence-electron chi connectivity index (χ4n) is 1.72. The molecule has 0 radical (unpaired) electrons. The van der Waals surface area contributed by atoms with Gasteiger partial charge in [-0.3, -0.25) is 0 Å². The highest BCUT2D eigenvalue weighted by Gasteiger charge is 1.92. The van der Waals surface area contributed by atoms with E-state index < -0.39 is 0 Å². The summed E-state index contributed by atoms with van der Waals surface area (Å²) in [5.41, 5.74) is 0. The van der Waals surface area contributed by atoms with E-state index in [1.807, 2.05) is 0 Å². The molecule has 0 rings (SSSR count). The van der Waals surface area contributed by atoms with Gasteiger partial charge in [0, 0.05) is 19.0 Å². The first-order chi connectivity index (χ1) is 7.41. The largest absolute Gasteiger partial charge is 0.162 e. The van der Waals surface area contributed by atoms with Crippen LogP contribution in [0.2, 0.25) is 24.2 Å². The van der Waals surface area contributed by atoms with E-state index in [0.717, 1.165) is 0 Å². The van der Waals surface area contributed by atoms with Gasteiger partial charge in [-0.1, -0.05) is 50.9 Å². The summed E-state index contributed by atoms with van der Waals surface area (Å²) in [6.07, 6.45) is 6.02. The Morgan fingerprint density at radius 3 is 2.00 bits per heavy atom. The Bertz CT molecular complexity index is 97.8. The smallest absolute Gasteiger partial charge is 0.0195 e. The summed E-state index contributed by atoms with van der Waals surface area (Å²) >= 11 is 2.20. The first-order valence-electron chi connectivity index (χ1n) is 6.99. The van der Waals surface area contributed by atoms with Gasteiger partial charge < -0.3 is 0 Å². The van der Waals surface area contributed by atoms with Gasteiger partial charge in [-0.15, -0.1) is 0 Å². The van der Waals surface area contributed by atoms with Crippen LogP contribution in [0.3, 0.4) is 0 Å². The van der Waals surface area contributed by atoms with Gasteiger partial charge in [-0.05, 0) is 24.3 Å². The van der Waals surface area contributed by atoms with Crippen molar-refractivity contribution in [1.29, 1.82) is 0 Å². The van der Waals surface area contributed by atoms with Gasteiger partial charge in [0.2, 0.25) is 0 Å². The fourth-order valence-corrected chi connectivity index (χ4v) is 5.41. The van der Waals surface area contributed by atoms with E-state index >= 15 is 0 Å². The zero-order valence-corrected chi connectivity index (χ0v) is 14.5. The van der Waals surface area contributed by atoms with Gasteiger partial charge in [0.15, 0.2) is 0 Å². The molecule has 0 saturated carbocycles.